The van der Waals surface area contributed by atoms with Crippen LogP contribution < -0.4 is 4.90 Å². The van der Waals surface area contributed by atoms with Gasteiger partial charge in [-0.2, -0.15) is 0 Å². The summed E-state index contributed by atoms with van der Waals surface area (Å²) >= 11 is 6.42. The lowest BCUT2D eigenvalue weighted by atomic mass is 9.57. The molecule has 1 saturated carbocycles. The number of nitrogens with zero attached hydrogens (tertiary/aromatic N) is 7. The highest BCUT2D eigenvalue weighted by Gasteiger charge is 2.54. The normalized spacial score (nSPS) is 23.8. The van der Waals surface area contributed by atoms with E-state index in [4.69, 9.17) is 26.5 Å². The monoisotopic (exact) mass is 477 g/mol. The van der Waals surface area contributed by atoms with Crippen molar-refractivity contribution < 1.29 is 4.74 Å². The standard InChI is InChI=1S/C25H28ClN7O/c1-16-4-6-27-24(28-16)32-14-25(15-32)9-18(10-25)23-30-29-22-12-31(20-5-7-34-13-20)11-17-8-19(26)2-3-21(17)33(22)23/h2-4,6,8,18,20H,5,7,9-15H2,1H3/t20-/m0/s1. The molecule has 176 valence electrons. The third-order valence-corrected chi connectivity index (χ3v) is 8.25. The molecule has 0 unspecified atom stereocenters. The average Bonchev–Trinajstić information content (AvgIpc) is 3.40. The van der Waals surface area contributed by atoms with Crippen molar-refractivity contribution in [3.63, 3.8) is 0 Å². The largest absolute Gasteiger partial charge is 0.380 e. The van der Waals surface area contributed by atoms with Crippen LogP contribution in [-0.2, 0) is 17.8 Å². The molecule has 5 heterocycles. The third kappa shape index (κ3) is 3.34. The lowest BCUT2D eigenvalue weighted by Crippen LogP contribution is -2.62. The van der Waals surface area contributed by atoms with Crippen LogP contribution in [0.1, 0.15) is 48.1 Å². The second-order valence-corrected chi connectivity index (χ2v) is 10.9. The van der Waals surface area contributed by atoms with Gasteiger partial charge in [0.1, 0.15) is 5.82 Å². The molecule has 3 aromatic rings. The third-order valence-electron chi connectivity index (χ3n) is 8.02. The molecular weight excluding hydrogens is 450 g/mol. The molecule has 3 aliphatic heterocycles. The SMILES string of the molecule is Cc1ccnc(N2CC3(CC(c4nnc5n4-c4ccc(Cl)cc4CN([C@H]4CCOC4)C5)C3)C2)n1. The molecule has 7 rings (SSSR count). The number of ether oxygens (including phenoxy) is 1. The van der Waals surface area contributed by atoms with Crippen molar-refractivity contribution in [2.24, 2.45) is 5.41 Å². The number of hydrogen-bond donors (Lipinski definition) is 0. The van der Waals surface area contributed by atoms with Crippen molar-refractivity contribution in [1.29, 1.82) is 0 Å². The first-order valence-electron chi connectivity index (χ1n) is 12.2. The smallest absolute Gasteiger partial charge is 0.225 e. The minimum atomic E-state index is 0.352. The summed E-state index contributed by atoms with van der Waals surface area (Å²) in [5.41, 5.74) is 3.77. The first kappa shape index (κ1) is 20.8. The number of hydrogen-bond acceptors (Lipinski definition) is 7. The first-order chi connectivity index (χ1) is 16.6. The van der Waals surface area contributed by atoms with Crippen LogP contribution in [0.25, 0.3) is 5.69 Å². The zero-order valence-corrected chi connectivity index (χ0v) is 20.1. The minimum absolute atomic E-state index is 0.352. The summed E-state index contributed by atoms with van der Waals surface area (Å²) in [7, 11) is 0. The van der Waals surface area contributed by atoms with Crippen LogP contribution in [0.3, 0.4) is 0 Å². The molecule has 1 spiro atoms. The highest BCUT2D eigenvalue weighted by atomic mass is 35.5. The van der Waals surface area contributed by atoms with E-state index in [2.05, 4.69) is 36.5 Å². The number of rotatable bonds is 3. The van der Waals surface area contributed by atoms with Crippen LogP contribution in [0.4, 0.5) is 5.95 Å². The van der Waals surface area contributed by atoms with Gasteiger partial charge < -0.3 is 9.64 Å². The van der Waals surface area contributed by atoms with E-state index in [0.29, 0.717) is 17.4 Å². The number of benzene rings is 1. The fourth-order valence-corrected chi connectivity index (χ4v) is 6.50. The van der Waals surface area contributed by atoms with Crippen molar-refractivity contribution in [3.8, 4) is 5.69 Å². The molecule has 9 heteroatoms. The van der Waals surface area contributed by atoms with Gasteiger partial charge in [0.25, 0.3) is 0 Å². The van der Waals surface area contributed by atoms with Crippen molar-refractivity contribution in [2.45, 2.75) is 51.2 Å². The summed E-state index contributed by atoms with van der Waals surface area (Å²) in [6, 6.07) is 8.58. The van der Waals surface area contributed by atoms with E-state index in [9.17, 15) is 0 Å². The second-order valence-electron chi connectivity index (χ2n) is 10.5. The zero-order chi connectivity index (χ0) is 22.9. The zero-order valence-electron chi connectivity index (χ0n) is 19.3. The topological polar surface area (TPSA) is 72.2 Å². The van der Waals surface area contributed by atoms with E-state index in [1.54, 1.807) is 0 Å². The van der Waals surface area contributed by atoms with Gasteiger partial charge in [0.2, 0.25) is 5.95 Å². The Morgan fingerprint density at radius 1 is 1.12 bits per heavy atom. The molecule has 2 saturated heterocycles. The lowest BCUT2D eigenvalue weighted by Gasteiger charge is -2.58. The highest BCUT2D eigenvalue weighted by Crippen LogP contribution is 2.56. The Morgan fingerprint density at radius 2 is 2.00 bits per heavy atom. The van der Waals surface area contributed by atoms with Gasteiger partial charge in [0.15, 0.2) is 5.82 Å². The lowest BCUT2D eigenvalue weighted by molar-refractivity contribution is 0.0574. The molecule has 8 nitrogen and oxygen atoms in total. The Kier molecular flexibility index (Phi) is 4.73. The van der Waals surface area contributed by atoms with Crippen LogP contribution in [0.15, 0.2) is 30.5 Å². The van der Waals surface area contributed by atoms with E-state index >= 15 is 0 Å². The summed E-state index contributed by atoms with van der Waals surface area (Å²) in [6.45, 7) is 7.31. The molecule has 3 fully saturated rings. The molecule has 34 heavy (non-hydrogen) atoms. The van der Waals surface area contributed by atoms with Crippen molar-refractivity contribution >= 4 is 17.5 Å². The summed E-state index contributed by atoms with van der Waals surface area (Å²) in [5, 5.41) is 10.2. The molecule has 0 amide bonds. The number of anilines is 1. The van der Waals surface area contributed by atoms with Gasteiger partial charge in [0.05, 0.1) is 18.8 Å². The van der Waals surface area contributed by atoms with Crippen molar-refractivity contribution in [2.75, 3.05) is 31.2 Å². The fourth-order valence-electron chi connectivity index (χ4n) is 6.30. The molecule has 0 radical (unpaired) electrons. The predicted octanol–water partition coefficient (Wildman–Crippen LogP) is 3.51. The van der Waals surface area contributed by atoms with Crippen LogP contribution in [0.5, 0.6) is 0 Å². The Morgan fingerprint density at radius 3 is 2.79 bits per heavy atom. The maximum atomic E-state index is 6.42. The van der Waals surface area contributed by atoms with Crippen LogP contribution in [0.2, 0.25) is 5.02 Å². The molecule has 0 N–H and O–H groups in total. The van der Waals surface area contributed by atoms with E-state index < -0.39 is 0 Å². The molecule has 1 aromatic carbocycles. The van der Waals surface area contributed by atoms with E-state index in [0.717, 1.165) is 87.0 Å². The highest BCUT2D eigenvalue weighted by molar-refractivity contribution is 6.30. The summed E-state index contributed by atoms with van der Waals surface area (Å²) < 4.78 is 8.00. The maximum Gasteiger partial charge on any atom is 0.225 e. The Balaban J connectivity index is 1.14. The number of aromatic nitrogens is 5. The van der Waals surface area contributed by atoms with Crippen LogP contribution in [-0.4, -0.2) is 62.0 Å². The van der Waals surface area contributed by atoms with E-state index in [-0.39, 0.29) is 0 Å². The molecule has 1 atom stereocenters. The number of fused-ring (bicyclic) bond motifs is 3. The predicted molar refractivity (Wildman–Crippen MR) is 128 cm³/mol. The Hall–Kier alpha value is -2.55. The second kappa shape index (κ2) is 7.73. The van der Waals surface area contributed by atoms with Gasteiger partial charge in [-0.3, -0.25) is 9.47 Å². The van der Waals surface area contributed by atoms with Crippen molar-refractivity contribution in [1.82, 2.24) is 29.6 Å². The van der Waals surface area contributed by atoms with Gasteiger partial charge in [0, 0.05) is 60.5 Å². The van der Waals surface area contributed by atoms with E-state index in [1.807, 2.05) is 25.3 Å². The molecular formula is C25H28ClN7O. The summed E-state index contributed by atoms with van der Waals surface area (Å²) in [6.07, 6.45) is 5.18. The maximum absolute atomic E-state index is 6.42. The molecule has 2 aromatic heterocycles. The summed E-state index contributed by atoms with van der Waals surface area (Å²) in [5.74, 6) is 3.39. The van der Waals surface area contributed by atoms with Gasteiger partial charge >= 0.3 is 0 Å². The Labute approximate surface area is 203 Å². The Bertz CT molecular complexity index is 1240. The molecule has 4 aliphatic rings. The van der Waals surface area contributed by atoms with Gasteiger partial charge in [-0.05, 0) is 56.0 Å². The first-order valence-corrected chi connectivity index (χ1v) is 12.5. The van der Waals surface area contributed by atoms with Gasteiger partial charge in [-0.25, -0.2) is 9.97 Å². The quantitative estimate of drug-likeness (QED) is 0.571. The van der Waals surface area contributed by atoms with E-state index in [1.165, 1.54) is 11.3 Å². The van der Waals surface area contributed by atoms with Gasteiger partial charge in [-0.1, -0.05) is 11.6 Å². The number of aryl methyl sites for hydroxylation is 1. The fraction of sp³-hybridized carbons (Fsp3) is 0.520. The van der Waals surface area contributed by atoms with Crippen molar-refractivity contribution in [3.05, 3.63) is 58.4 Å². The van der Waals surface area contributed by atoms with Gasteiger partial charge in [-0.15, -0.1) is 10.2 Å². The van der Waals surface area contributed by atoms with Crippen LogP contribution >= 0.6 is 11.6 Å². The molecule has 0 bridgehead atoms. The number of halogens is 1. The summed E-state index contributed by atoms with van der Waals surface area (Å²) in [4.78, 5) is 13.8. The molecule has 1 aliphatic carbocycles. The average molecular weight is 478 g/mol. The van der Waals surface area contributed by atoms with Crippen LogP contribution in [0, 0.1) is 12.3 Å². The minimum Gasteiger partial charge on any atom is -0.380 e.